The van der Waals surface area contributed by atoms with Crippen molar-refractivity contribution in [1.29, 1.82) is 0 Å². The predicted octanol–water partition coefficient (Wildman–Crippen LogP) is 3.23. The topological polar surface area (TPSA) is 125 Å². The zero-order chi connectivity index (χ0) is 27.9. The molecule has 0 bridgehead atoms. The second-order valence-corrected chi connectivity index (χ2v) is 10.0. The number of aromatic hydroxyl groups is 1. The highest BCUT2D eigenvalue weighted by Gasteiger charge is 2.68. The van der Waals surface area contributed by atoms with E-state index in [4.69, 9.17) is 9.47 Å². The molecule has 4 atom stereocenters. The first kappa shape index (κ1) is 26.2. The van der Waals surface area contributed by atoms with E-state index in [1.54, 1.807) is 31.4 Å². The number of fused-ring (bicyclic) bond motifs is 1. The third kappa shape index (κ3) is 4.28. The van der Waals surface area contributed by atoms with Crippen molar-refractivity contribution in [2.45, 2.75) is 31.5 Å². The third-order valence-electron chi connectivity index (χ3n) is 7.88. The fourth-order valence-electron chi connectivity index (χ4n) is 6.05. The number of hydrogen-bond donors (Lipinski definition) is 3. The lowest BCUT2D eigenvalue weighted by molar-refractivity contribution is -0.151. The van der Waals surface area contributed by atoms with Gasteiger partial charge in [-0.25, -0.2) is 0 Å². The van der Waals surface area contributed by atoms with Crippen LogP contribution in [0.25, 0.3) is 0 Å². The van der Waals surface area contributed by atoms with E-state index in [-0.39, 0.29) is 18.7 Å². The Hall–Kier alpha value is -4.37. The Morgan fingerprint density at radius 3 is 2.26 bits per heavy atom. The summed E-state index contributed by atoms with van der Waals surface area (Å²) < 4.78 is 11.2. The van der Waals surface area contributed by atoms with Crippen molar-refractivity contribution in [3.8, 4) is 17.2 Å². The highest BCUT2D eigenvalue weighted by Crippen LogP contribution is 2.52. The van der Waals surface area contributed by atoms with Crippen molar-refractivity contribution >= 4 is 17.8 Å². The zero-order valence-corrected chi connectivity index (χ0v) is 21.9. The van der Waals surface area contributed by atoms with E-state index < -0.39 is 41.2 Å². The van der Waals surface area contributed by atoms with Crippen LogP contribution >= 0.6 is 0 Å². The number of nitrogens with zero attached hydrogens (tertiary/aromatic N) is 1. The maximum atomic E-state index is 14.0. The first-order valence-corrected chi connectivity index (χ1v) is 12.6. The van der Waals surface area contributed by atoms with E-state index in [0.29, 0.717) is 28.2 Å². The monoisotopic (exact) mass is 530 g/mol. The molecule has 4 unspecified atom stereocenters. The van der Waals surface area contributed by atoms with Crippen molar-refractivity contribution < 1.29 is 34.1 Å². The van der Waals surface area contributed by atoms with Crippen LogP contribution in [-0.4, -0.2) is 52.7 Å². The number of phenols is 1. The number of carboxylic acid groups (broad SMARTS) is 1. The second kappa shape index (κ2) is 10.1. The molecule has 2 heterocycles. The number of hydrogen-bond acceptors (Lipinski definition) is 7. The van der Waals surface area contributed by atoms with Crippen molar-refractivity contribution in [2.75, 3.05) is 14.2 Å². The largest absolute Gasteiger partial charge is 0.508 e. The highest BCUT2D eigenvalue weighted by molar-refractivity contribution is 6.09. The molecule has 9 heteroatoms. The average Bonchev–Trinajstić information content (AvgIpc) is 3.40. The first-order chi connectivity index (χ1) is 18.7. The lowest BCUT2D eigenvalue weighted by atomic mass is 9.76. The number of phenolic OH excluding ortho intramolecular Hbond substituents is 1. The number of imide groups is 1. The number of carboxylic acids is 1. The number of likely N-dealkylation sites (tertiary alicyclic amines) is 1. The SMILES string of the molecule is COc1ccc(C2NC(Cc3ccc(O)cc3)(C(=O)O)C3C(=O)N(Cc4ccccc4)C(=O)C23)c(OC)c1C. The van der Waals surface area contributed by atoms with Gasteiger partial charge in [-0.2, -0.15) is 0 Å². The van der Waals surface area contributed by atoms with Gasteiger partial charge in [0, 0.05) is 23.6 Å². The molecule has 5 rings (SSSR count). The van der Waals surface area contributed by atoms with E-state index in [0.717, 1.165) is 5.56 Å². The van der Waals surface area contributed by atoms with Crippen LogP contribution in [-0.2, 0) is 27.3 Å². The van der Waals surface area contributed by atoms with Gasteiger partial charge in [0.25, 0.3) is 0 Å². The number of nitrogens with one attached hydrogen (secondary N) is 1. The summed E-state index contributed by atoms with van der Waals surface area (Å²) in [5, 5.41) is 23.7. The van der Waals surface area contributed by atoms with Gasteiger partial charge in [0.15, 0.2) is 0 Å². The summed E-state index contributed by atoms with van der Waals surface area (Å²) >= 11 is 0. The van der Waals surface area contributed by atoms with Gasteiger partial charge < -0.3 is 19.7 Å². The smallest absolute Gasteiger partial charge is 0.325 e. The van der Waals surface area contributed by atoms with Crippen LogP contribution in [0.2, 0.25) is 0 Å². The van der Waals surface area contributed by atoms with Gasteiger partial charge in [0.1, 0.15) is 22.8 Å². The molecule has 2 amide bonds. The summed E-state index contributed by atoms with van der Waals surface area (Å²) in [6.45, 7) is 1.86. The number of rotatable bonds is 8. The van der Waals surface area contributed by atoms with Gasteiger partial charge in [-0.05, 0) is 36.2 Å². The Labute approximate surface area is 226 Å². The minimum atomic E-state index is -1.79. The standard InChI is InChI=1S/C30H30N2O7/c1-17-22(38-2)14-13-21(26(17)39-3)25-23-24(28(35)32(27(23)34)16-19-7-5-4-6-8-19)30(31-25,29(36)37)15-18-9-11-20(33)12-10-18/h4-14,23-25,31,33H,15-16H2,1-3H3,(H,36,37). The number of ether oxygens (including phenoxy) is 2. The Balaban J connectivity index is 1.65. The van der Waals surface area contributed by atoms with Crippen LogP contribution in [0.1, 0.15) is 28.3 Å². The lowest BCUT2D eigenvalue weighted by Gasteiger charge is -2.31. The van der Waals surface area contributed by atoms with Crippen LogP contribution in [0.4, 0.5) is 0 Å². The number of aliphatic carboxylic acids is 1. The first-order valence-electron chi connectivity index (χ1n) is 12.6. The molecule has 2 aliphatic rings. The minimum absolute atomic E-state index is 0.0397. The van der Waals surface area contributed by atoms with Gasteiger partial charge in [-0.3, -0.25) is 24.6 Å². The normalized spacial score (nSPS) is 24.1. The molecule has 202 valence electrons. The van der Waals surface area contributed by atoms with E-state index in [9.17, 15) is 24.6 Å². The molecule has 0 aromatic heterocycles. The van der Waals surface area contributed by atoms with Crippen molar-refractivity contribution in [3.63, 3.8) is 0 Å². The molecule has 2 saturated heterocycles. The van der Waals surface area contributed by atoms with Crippen molar-refractivity contribution in [3.05, 3.63) is 89.0 Å². The molecule has 3 aromatic rings. The maximum Gasteiger partial charge on any atom is 0.325 e. The van der Waals surface area contributed by atoms with E-state index >= 15 is 0 Å². The molecule has 0 aliphatic carbocycles. The fourth-order valence-corrected chi connectivity index (χ4v) is 6.05. The Morgan fingerprint density at radius 1 is 0.949 bits per heavy atom. The summed E-state index contributed by atoms with van der Waals surface area (Å²) in [7, 11) is 3.04. The molecule has 39 heavy (non-hydrogen) atoms. The van der Waals surface area contributed by atoms with Crippen LogP contribution in [0.5, 0.6) is 17.2 Å². The van der Waals surface area contributed by atoms with Crippen LogP contribution in [0.3, 0.4) is 0 Å². The minimum Gasteiger partial charge on any atom is -0.508 e. The number of carbonyl (C=O) groups is 3. The molecule has 3 N–H and O–H groups in total. The van der Waals surface area contributed by atoms with Crippen LogP contribution < -0.4 is 14.8 Å². The maximum absolute atomic E-state index is 14.0. The predicted molar refractivity (Wildman–Crippen MR) is 141 cm³/mol. The van der Waals surface area contributed by atoms with Crippen LogP contribution in [0, 0.1) is 18.8 Å². The summed E-state index contributed by atoms with van der Waals surface area (Å²) in [5.41, 5.74) is 0.841. The van der Waals surface area contributed by atoms with Gasteiger partial charge >= 0.3 is 5.97 Å². The summed E-state index contributed by atoms with van der Waals surface area (Å²) in [5.74, 6) is -3.27. The molecular weight excluding hydrogens is 500 g/mol. The average molecular weight is 531 g/mol. The Kier molecular flexibility index (Phi) is 6.78. The van der Waals surface area contributed by atoms with Crippen molar-refractivity contribution in [2.24, 2.45) is 11.8 Å². The van der Waals surface area contributed by atoms with E-state index in [2.05, 4.69) is 5.32 Å². The third-order valence-corrected chi connectivity index (χ3v) is 7.88. The van der Waals surface area contributed by atoms with E-state index in [1.165, 1.54) is 24.1 Å². The Bertz CT molecular complexity index is 1420. The molecule has 0 saturated carbocycles. The molecule has 0 spiro atoms. The van der Waals surface area contributed by atoms with Crippen molar-refractivity contribution in [1.82, 2.24) is 10.2 Å². The number of carbonyl (C=O) groups excluding carboxylic acids is 2. The zero-order valence-electron chi connectivity index (χ0n) is 21.9. The fraction of sp³-hybridized carbons (Fsp3) is 0.300. The number of benzene rings is 3. The molecule has 2 aliphatic heterocycles. The molecule has 9 nitrogen and oxygen atoms in total. The van der Waals surface area contributed by atoms with Crippen LogP contribution in [0.15, 0.2) is 66.7 Å². The molecular formula is C30H30N2O7. The molecule has 0 radical (unpaired) electrons. The number of methoxy groups -OCH3 is 2. The molecule has 3 aromatic carbocycles. The van der Waals surface area contributed by atoms with Gasteiger partial charge in [0.05, 0.1) is 32.6 Å². The van der Waals surface area contributed by atoms with Gasteiger partial charge in [-0.1, -0.05) is 48.5 Å². The molecule has 2 fully saturated rings. The lowest BCUT2D eigenvalue weighted by Crippen LogP contribution is -2.57. The quantitative estimate of drug-likeness (QED) is 0.379. The number of amides is 2. The van der Waals surface area contributed by atoms with Gasteiger partial charge in [0.2, 0.25) is 11.8 Å². The second-order valence-electron chi connectivity index (χ2n) is 10.0. The van der Waals surface area contributed by atoms with Gasteiger partial charge in [-0.15, -0.1) is 0 Å². The summed E-state index contributed by atoms with van der Waals surface area (Å²) in [6, 6.07) is 18.0. The summed E-state index contributed by atoms with van der Waals surface area (Å²) in [4.78, 5) is 42.2. The van der Waals surface area contributed by atoms with E-state index in [1.807, 2.05) is 37.3 Å². The Morgan fingerprint density at radius 2 is 1.64 bits per heavy atom. The summed E-state index contributed by atoms with van der Waals surface area (Å²) in [6.07, 6.45) is -0.0735. The highest BCUT2D eigenvalue weighted by atomic mass is 16.5.